The van der Waals surface area contributed by atoms with Crippen LogP contribution in [0.2, 0.25) is 0 Å². The molecule has 0 radical (unpaired) electrons. The molecule has 7 nitrogen and oxygen atoms in total. The van der Waals surface area contributed by atoms with Crippen molar-refractivity contribution in [2.75, 3.05) is 6.61 Å². The molecule has 0 aliphatic rings. The van der Waals surface area contributed by atoms with Gasteiger partial charge in [-0.25, -0.2) is 0 Å². The Morgan fingerprint density at radius 1 is 1.06 bits per heavy atom. The van der Waals surface area contributed by atoms with Gasteiger partial charge in [0.1, 0.15) is 0 Å². The minimum absolute atomic E-state index is 0.132. The highest BCUT2D eigenvalue weighted by molar-refractivity contribution is 6.01. The molecule has 172 valence electrons. The molecule has 0 bridgehead atoms. The lowest BCUT2D eigenvalue weighted by molar-refractivity contribution is 0.0922. The average Bonchev–Trinajstić information content (AvgIpc) is 2.82. The van der Waals surface area contributed by atoms with Crippen molar-refractivity contribution in [1.29, 1.82) is 0 Å². The maximum Gasteiger partial charge on any atom is 0.251 e. The van der Waals surface area contributed by atoms with Crippen molar-refractivity contribution in [3.8, 4) is 0 Å². The summed E-state index contributed by atoms with van der Waals surface area (Å²) < 4.78 is 0. The zero-order chi connectivity index (χ0) is 24.0. The van der Waals surface area contributed by atoms with Gasteiger partial charge in [-0.05, 0) is 55.7 Å². The smallest absolute Gasteiger partial charge is 0.251 e. The van der Waals surface area contributed by atoms with Crippen LogP contribution in [-0.4, -0.2) is 39.6 Å². The molecular weight excluding hydrogens is 418 g/mol. The average molecular weight is 448 g/mol. The van der Waals surface area contributed by atoms with Gasteiger partial charge in [-0.1, -0.05) is 41.6 Å². The van der Waals surface area contributed by atoms with Crippen LogP contribution in [0.15, 0.2) is 70.7 Å². The minimum atomic E-state index is -0.332. The number of amides is 1. The molecule has 0 spiro atoms. The van der Waals surface area contributed by atoms with Crippen LogP contribution in [-0.2, 0) is 0 Å². The zero-order valence-electron chi connectivity index (χ0n) is 19.0. The van der Waals surface area contributed by atoms with Crippen molar-refractivity contribution in [2.24, 2.45) is 5.16 Å². The van der Waals surface area contributed by atoms with Crippen molar-refractivity contribution in [2.45, 2.75) is 39.2 Å². The Morgan fingerprint density at radius 2 is 1.76 bits per heavy atom. The van der Waals surface area contributed by atoms with E-state index in [0.717, 1.165) is 16.7 Å². The summed E-state index contributed by atoms with van der Waals surface area (Å²) in [5, 5.41) is 25.2. The van der Waals surface area contributed by atoms with Gasteiger partial charge in [-0.2, -0.15) is 0 Å². The summed E-state index contributed by atoms with van der Waals surface area (Å²) in [6, 6.07) is 16.7. The van der Waals surface area contributed by atoms with Gasteiger partial charge in [-0.15, -0.1) is 0 Å². The summed E-state index contributed by atoms with van der Waals surface area (Å²) in [4.78, 5) is 26.8. The monoisotopic (exact) mass is 447 g/mol. The number of rotatable bonds is 8. The summed E-state index contributed by atoms with van der Waals surface area (Å²) in [6.45, 7) is 5.33. The van der Waals surface area contributed by atoms with Gasteiger partial charge in [0, 0.05) is 41.3 Å². The van der Waals surface area contributed by atoms with Gasteiger partial charge in [0.05, 0.1) is 12.3 Å². The number of oxime groups is 1. The van der Waals surface area contributed by atoms with E-state index in [1.807, 2.05) is 43.3 Å². The highest BCUT2D eigenvalue weighted by atomic mass is 16.4. The normalized spacial score (nSPS) is 13.4. The fourth-order valence-electron chi connectivity index (χ4n) is 3.78. The summed E-state index contributed by atoms with van der Waals surface area (Å²) in [7, 11) is 0. The number of aliphatic hydroxyl groups excluding tert-OH is 1. The highest BCUT2D eigenvalue weighted by Crippen LogP contribution is 2.32. The Hall–Kier alpha value is -3.71. The molecule has 0 saturated heterocycles. The second-order valence-corrected chi connectivity index (χ2v) is 8.24. The van der Waals surface area contributed by atoms with Crippen LogP contribution in [0.4, 0.5) is 0 Å². The Labute approximate surface area is 192 Å². The van der Waals surface area contributed by atoms with Crippen LogP contribution < -0.4 is 10.9 Å². The number of hydrogen-bond donors (Lipinski definition) is 4. The molecule has 1 heterocycles. The van der Waals surface area contributed by atoms with Crippen LogP contribution in [0.5, 0.6) is 0 Å². The number of aromatic nitrogens is 1. The van der Waals surface area contributed by atoms with Crippen molar-refractivity contribution >= 4 is 11.6 Å². The molecule has 2 aromatic carbocycles. The predicted molar refractivity (Wildman–Crippen MR) is 128 cm³/mol. The highest BCUT2D eigenvalue weighted by Gasteiger charge is 2.21. The molecule has 1 unspecified atom stereocenters. The van der Waals surface area contributed by atoms with Crippen LogP contribution in [0, 0.1) is 13.8 Å². The quantitative estimate of drug-likeness (QED) is 0.240. The Kier molecular flexibility index (Phi) is 7.79. The van der Waals surface area contributed by atoms with E-state index in [0.29, 0.717) is 28.8 Å². The first-order valence-corrected chi connectivity index (χ1v) is 10.8. The molecule has 7 heteroatoms. The van der Waals surface area contributed by atoms with Gasteiger partial charge in [0.15, 0.2) is 0 Å². The van der Waals surface area contributed by atoms with E-state index in [9.17, 15) is 14.8 Å². The summed E-state index contributed by atoms with van der Waals surface area (Å²) in [5.41, 5.74) is 5.06. The van der Waals surface area contributed by atoms with E-state index in [1.54, 1.807) is 38.2 Å². The van der Waals surface area contributed by atoms with Gasteiger partial charge < -0.3 is 20.6 Å². The number of aryl methyl sites for hydroxylation is 2. The standard InChI is InChI=1S/C26H29N3O4/c1-16-6-4-5-7-22(16)23(13-24(29-33)21-12-17(2)25(31)27-14-21)19-8-10-20(11-9-19)26(32)28-18(3)15-30/h4-12,14,18,23,30,33H,13,15H2,1-3H3,(H,27,31)(H,28,32)/b29-24+/t18-,23?/m1/s1. The molecule has 3 rings (SSSR count). The molecule has 0 saturated carbocycles. The van der Waals surface area contributed by atoms with Crippen LogP contribution in [0.25, 0.3) is 0 Å². The second-order valence-electron chi connectivity index (χ2n) is 8.24. The third-order valence-electron chi connectivity index (χ3n) is 5.73. The van der Waals surface area contributed by atoms with Gasteiger partial charge in [-0.3, -0.25) is 9.59 Å². The number of hydrogen-bond acceptors (Lipinski definition) is 5. The number of benzene rings is 2. The van der Waals surface area contributed by atoms with Gasteiger partial charge >= 0.3 is 0 Å². The zero-order valence-corrected chi connectivity index (χ0v) is 19.0. The van der Waals surface area contributed by atoms with E-state index < -0.39 is 0 Å². The van der Waals surface area contributed by atoms with E-state index in [4.69, 9.17) is 5.11 Å². The van der Waals surface area contributed by atoms with Crippen molar-refractivity contribution in [1.82, 2.24) is 10.3 Å². The number of aromatic amines is 1. The summed E-state index contributed by atoms with van der Waals surface area (Å²) in [6.07, 6.45) is 1.94. The van der Waals surface area contributed by atoms with E-state index in [1.165, 1.54) is 0 Å². The number of nitrogens with zero attached hydrogens (tertiary/aromatic N) is 1. The number of pyridine rings is 1. The fourth-order valence-corrected chi connectivity index (χ4v) is 3.78. The maximum atomic E-state index is 12.4. The van der Waals surface area contributed by atoms with E-state index in [-0.39, 0.29) is 30.0 Å². The molecule has 1 amide bonds. The first-order chi connectivity index (χ1) is 15.8. The largest absolute Gasteiger partial charge is 0.411 e. The van der Waals surface area contributed by atoms with Crippen molar-refractivity contribution in [3.63, 3.8) is 0 Å². The molecule has 0 fully saturated rings. The molecule has 2 atom stereocenters. The summed E-state index contributed by atoms with van der Waals surface area (Å²) >= 11 is 0. The second kappa shape index (κ2) is 10.7. The van der Waals surface area contributed by atoms with Crippen molar-refractivity contribution in [3.05, 3.63) is 105 Å². The molecule has 0 aliphatic carbocycles. The minimum Gasteiger partial charge on any atom is -0.411 e. The van der Waals surface area contributed by atoms with E-state index in [2.05, 4.69) is 15.5 Å². The number of carbonyl (C=O) groups is 1. The molecule has 1 aromatic heterocycles. The molecule has 33 heavy (non-hydrogen) atoms. The first kappa shape index (κ1) is 23.9. The Balaban J connectivity index is 1.97. The lowest BCUT2D eigenvalue weighted by Crippen LogP contribution is -2.34. The summed E-state index contributed by atoms with van der Waals surface area (Å²) in [5.74, 6) is -0.394. The third-order valence-corrected chi connectivity index (χ3v) is 5.73. The maximum absolute atomic E-state index is 12.4. The molecular formula is C26H29N3O4. The molecule has 4 N–H and O–H groups in total. The third kappa shape index (κ3) is 5.75. The Bertz CT molecular complexity index is 1200. The van der Waals surface area contributed by atoms with Gasteiger partial charge in [0.2, 0.25) is 0 Å². The first-order valence-electron chi connectivity index (χ1n) is 10.8. The Morgan fingerprint density at radius 3 is 2.36 bits per heavy atom. The lowest BCUT2D eigenvalue weighted by atomic mass is 9.83. The number of nitrogens with one attached hydrogen (secondary N) is 2. The lowest BCUT2D eigenvalue weighted by Gasteiger charge is -2.21. The van der Waals surface area contributed by atoms with Crippen molar-refractivity contribution < 1.29 is 15.1 Å². The molecule has 3 aromatic rings. The van der Waals surface area contributed by atoms with Gasteiger partial charge in [0.25, 0.3) is 11.5 Å². The van der Waals surface area contributed by atoms with Crippen LogP contribution >= 0.6 is 0 Å². The van der Waals surface area contributed by atoms with E-state index >= 15 is 0 Å². The predicted octanol–water partition coefficient (Wildman–Crippen LogP) is 3.50. The number of aliphatic hydroxyl groups is 1. The fraction of sp³-hybridized carbons (Fsp3) is 0.269. The van der Waals surface area contributed by atoms with Crippen LogP contribution in [0.1, 0.15) is 57.4 Å². The SMILES string of the molecule is Cc1ccccc1C(C/C(=N\O)c1c[nH]c(=O)c(C)c1)c1ccc(C(=O)N[C@H](C)CO)cc1. The topological polar surface area (TPSA) is 115 Å². The number of H-pyrrole nitrogens is 1. The van der Waals surface area contributed by atoms with Crippen LogP contribution in [0.3, 0.4) is 0 Å². The molecule has 0 aliphatic heterocycles. The number of carbonyl (C=O) groups excluding carboxylic acids is 1.